The Hall–Kier alpha value is -0.950. The maximum absolute atomic E-state index is 12.2. The van der Waals surface area contributed by atoms with Crippen molar-refractivity contribution in [1.29, 1.82) is 0 Å². The molecule has 1 amide bonds. The van der Waals surface area contributed by atoms with E-state index in [1.54, 1.807) is 11.1 Å². The second-order valence-corrected chi connectivity index (χ2v) is 7.32. The predicted molar refractivity (Wildman–Crippen MR) is 84.7 cm³/mol. The number of carbonyl (C=O) groups is 2. The number of carbonyl (C=O) groups excluding carboxylic acids is 1. The number of likely N-dealkylation sites (tertiary alicyclic amines) is 1. The molecule has 2 unspecified atom stereocenters. The van der Waals surface area contributed by atoms with Gasteiger partial charge in [-0.25, -0.2) is 0 Å². The molecule has 1 fully saturated rings. The molecule has 0 aromatic carbocycles. The first-order valence-corrected chi connectivity index (χ1v) is 8.23. The number of aromatic nitrogens is 1. The van der Waals surface area contributed by atoms with Crippen LogP contribution < -0.4 is 0 Å². The first kappa shape index (κ1) is 16.4. The zero-order valence-electron chi connectivity index (χ0n) is 11.7. The highest BCUT2D eigenvalue weighted by Crippen LogP contribution is 2.40. The quantitative estimate of drug-likeness (QED) is 0.813. The molecule has 114 valence electrons. The lowest BCUT2D eigenvalue weighted by Crippen LogP contribution is -2.34. The molecule has 0 bridgehead atoms. The number of amides is 1. The highest BCUT2D eigenvalue weighted by Gasteiger charge is 2.46. The van der Waals surface area contributed by atoms with Crippen LogP contribution in [0.25, 0.3) is 0 Å². The van der Waals surface area contributed by atoms with E-state index in [2.05, 4.69) is 36.8 Å². The number of aliphatic carboxylic acids is 1. The SMILES string of the molecule is CC(C)CN1C(=O)CC(C(=O)O)C1c1ncc(Br)cc1Br. The van der Waals surface area contributed by atoms with Crippen molar-refractivity contribution in [2.24, 2.45) is 11.8 Å². The Morgan fingerprint density at radius 2 is 2.19 bits per heavy atom. The fourth-order valence-corrected chi connectivity index (χ4v) is 3.82. The number of nitrogens with zero attached hydrogens (tertiary/aromatic N) is 2. The number of pyridine rings is 1. The summed E-state index contributed by atoms with van der Waals surface area (Å²) in [7, 11) is 0. The standard InChI is InChI=1S/C14H16Br2N2O3/c1-7(2)6-18-11(19)4-9(14(20)21)13(18)12-10(16)3-8(15)5-17-12/h3,5,7,9,13H,4,6H2,1-2H3,(H,20,21). The Balaban J connectivity index is 2.46. The largest absolute Gasteiger partial charge is 0.481 e. The normalized spacial score (nSPS) is 22.1. The fourth-order valence-electron chi connectivity index (χ4n) is 2.60. The van der Waals surface area contributed by atoms with Gasteiger partial charge in [-0.1, -0.05) is 13.8 Å². The summed E-state index contributed by atoms with van der Waals surface area (Å²) in [5.41, 5.74) is 0.595. The molecule has 2 atom stereocenters. The van der Waals surface area contributed by atoms with Crippen LogP contribution in [0.1, 0.15) is 32.0 Å². The maximum Gasteiger partial charge on any atom is 0.309 e. The smallest absolute Gasteiger partial charge is 0.309 e. The van der Waals surface area contributed by atoms with Gasteiger partial charge in [-0.3, -0.25) is 14.6 Å². The van der Waals surface area contributed by atoms with Crippen molar-refractivity contribution in [3.63, 3.8) is 0 Å². The summed E-state index contributed by atoms with van der Waals surface area (Å²) >= 11 is 6.75. The van der Waals surface area contributed by atoms with E-state index in [1.807, 2.05) is 19.9 Å². The Morgan fingerprint density at radius 3 is 2.71 bits per heavy atom. The van der Waals surface area contributed by atoms with Crippen LogP contribution in [0.2, 0.25) is 0 Å². The van der Waals surface area contributed by atoms with Gasteiger partial charge in [0.05, 0.1) is 17.7 Å². The Morgan fingerprint density at radius 1 is 1.52 bits per heavy atom. The van der Waals surface area contributed by atoms with Crippen LogP contribution in [0.4, 0.5) is 0 Å². The van der Waals surface area contributed by atoms with Gasteiger partial charge in [-0.2, -0.15) is 0 Å². The minimum atomic E-state index is -0.962. The van der Waals surface area contributed by atoms with Gasteiger partial charge in [0.25, 0.3) is 0 Å². The third-order valence-corrected chi connectivity index (χ3v) is 4.50. The van der Waals surface area contributed by atoms with Crippen LogP contribution in [0.15, 0.2) is 21.2 Å². The minimum Gasteiger partial charge on any atom is -0.481 e. The predicted octanol–water partition coefficient (Wildman–Crippen LogP) is 3.24. The topological polar surface area (TPSA) is 70.5 Å². The molecule has 5 nitrogen and oxygen atoms in total. The summed E-state index contributed by atoms with van der Waals surface area (Å²) in [4.78, 5) is 29.7. The van der Waals surface area contributed by atoms with Gasteiger partial charge in [0, 0.05) is 28.1 Å². The third kappa shape index (κ3) is 3.45. The van der Waals surface area contributed by atoms with Crippen LogP contribution in [-0.4, -0.2) is 33.4 Å². The lowest BCUT2D eigenvalue weighted by atomic mass is 9.97. The minimum absolute atomic E-state index is 0.0247. The second kappa shape index (κ2) is 6.44. The van der Waals surface area contributed by atoms with E-state index in [0.717, 1.165) is 4.47 Å². The van der Waals surface area contributed by atoms with Crippen LogP contribution >= 0.6 is 31.9 Å². The molecule has 7 heteroatoms. The summed E-state index contributed by atoms with van der Waals surface area (Å²) in [6.07, 6.45) is 1.65. The second-order valence-electron chi connectivity index (χ2n) is 5.55. The number of hydrogen-bond donors (Lipinski definition) is 1. The molecule has 1 aliphatic heterocycles. The van der Waals surface area contributed by atoms with E-state index >= 15 is 0 Å². The number of carboxylic acid groups (broad SMARTS) is 1. The fraction of sp³-hybridized carbons (Fsp3) is 0.500. The van der Waals surface area contributed by atoms with Crippen molar-refractivity contribution >= 4 is 43.7 Å². The molecule has 0 spiro atoms. The molecule has 2 heterocycles. The van der Waals surface area contributed by atoms with Crippen molar-refractivity contribution in [2.45, 2.75) is 26.3 Å². The lowest BCUT2D eigenvalue weighted by molar-refractivity contribution is -0.142. The van der Waals surface area contributed by atoms with E-state index in [9.17, 15) is 14.7 Å². The van der Waals surface area contributed by atoms with Crippen LogP contribution in [0.3, 0.4) is 0 Å². The summed E-state index contributed by atoms with van der Waals surface area (Å²) in [5.74, 6) is -1.59. The molecular weight excluding hydrogens is 404 g/mol. The number of hydrogen-bond acceptors (Lipinski definition) is 3. The molecule has 1 aromatic heterocycles. The summed E-state index contributed by atoms with van der Waals surface area (Å²) in [6, 6.07) is 1.29. The molecule has 0 radical (unpaired) electrons. The van der Waals surface area contributed by atoms with Crippen LogP contribution in [-0.2, 0) is 9.59 Å². The first-order chi connectivity index (χ1) is 9.81. The van der Waals surface area contributed by atoms with Gasteiger partial charge < -0.3 is 10.0 Å². The maximum atomic E-state index is 12.2. The number of halogens is 2. The monoisotopic (exact) mass is 418 g/mol. The number of rotatable bonds is 4. The van der Waals surface area contributed by atoms with Crippen molar-refractivity contribution in [3.8, 4) is 0 Å². The van der Waals surface area contributed by atoms with Crippen molar-refractivity contribution in [3.05, 3.63) is 26.9 Å². The Kier molecular flexibility index (Phi) is 5.03. The zero-order chi connectivity index (χ0) is 15.7. The highest BCUT2D eigenvalue weighted by atomic mass is 79.9. The van der Waals surface area contributed by atoms with Gasteiger partial charge in [-0.15, -0.1) is 0 Å². The van der Waals surface area contributed by atoms with Crippen molar-refractivity contribution in [1.82, 2.24) is 9.88 Å². The summed E-state index contributed by atoms with van der Waals surface area (Å²) in [5, 5.41) is 9.43. The highest BCUT2D eigenvalue weighted by molar-refractivity contribution is 9.11. The van der Waals surface area contributed by atoms with Gasteiger partial charge in [0.1, 0.15) is 0 Å². The molecule has 21 heavy (non-hydrogen) atoms. The van der Waals surface area contributed by atoms with E-state index in [0.29, 0.717) is 16.7 Å². The van der Waals surface area contributed by atoms with Crippen LogP contribution in [0.5, 0.6) is 0 Å². The molecule has 1 aliphatic rings. The van der Waals surface area contributed by atoms with Gasteiger partial charge in [0.2, 0.25) is 5.91 Å². The Bertz CT molecular complexity index is 577. The van der Waals surface area contributed by atoms with E-state index in [1.165, 1.54) is 0 Å². The van der Waals surface area contributed by atoms with Crippen molar-refractivity contribution in [2.75, 3.05) is 6.54 Å². The summed E-state index contributed by atoms with van der Waals surface area (Å²) < 4.78 is 1.50. The van der Waals surface area contributed by atoms with E-state index in [4.69, 9.17) is 0 Å². The zero-order valence-corrected chi connectivity index (χ0v) is 14.9. The lowest BCUT2D eigenvalue weighted by Gasteiger charge is -2.28. The van der Waals surface area contributed by atoms with Gasteiger partial charge >= 0.3 is 5.97 Å². The molecule has 1 N–H and O–H groups in total. The molecule has 0 saturated carbocycles. The van der Waals surface area contributed by atoms with Gasteiger partial charge in [-0.05, 0) is 43.8 Å². The summed E-state index contributed by atoms with van der Waals surface area (Å²) in [6.45, 7) is 4.53. The van der Waals surface area contributed by atoms with Crippen LogP contribution in [0, 0.1) is 11.8 Å². The average Bonchev–Trinajstić information content (AvgIpc) is 2.67. The number of carboxylic acids is 1. The molecule has 0 aliphatic carbocycles. The average molecular weight is 420 g/mol. The molecule has 1 saturated heterocycles. The molecule has 2 rings (SSSR count). The van der Waals surface area contributed by atoms with Crippen molar-refractivity contribution < 1.29 is 14.7 Å². The molecule has 1 aromatic rings. The molecular formula is C14H16Br2N2O3. The Labute approximate surface area is 140 Å². The third-order valence-electron chi connectivity index (χ3n) is 3.43. The van der Waals surface area contributed by atoms with E-state index < -0.39 is 17.9 Å². The first-order valence-electron chi connectivity index (χ1n) is 6.64. The van der Waals surface area contributed by atoms with E-state index in [-0.39, 0.29) is 18.2 Å². The van der Waals surface area contributed by atoms with Gasteiger partial charge in [0.15, 0.2) is 0 Å².